The van der Waals surface area contributed by atoms with E-state index >= 15 is 0 Å². The van der Waals surface area contributed by atoms with Crippen LogP contribution in [0.1, 0.15) is 52.8 Å². The Morgan fingerprint density at radius 1 is 0.762 bits per heavy atom. The van der Waals surface area contributed by atoms with Crippen LogP contribution in [0, 0.1) is 0 Å². The smallest absolute Gasteiger partial charge is 0.0742 e. The summed E-state index contributed by atoms with van der Waals surface area (Å²) < 4.78 is 0. The molecule has 0 aliphatic rings. The molecule has 0 saturated carbocycles. The van der Waals surface area contributed by atoms with Crippen LogP contribution in [0.3, 0.4) is 0 Å². The maximum atomic E-state index is 6.01. The Kier molecular flexibility index (Phi) is 4.17. The highest BCUT2D eigenvalue weighted by Crippen LogP contribution is 2.34. The molecule has 0 N–H and O–H groups in total. The van der Waals surface area contributed by atoms with Gasteiger partial charge in [0.2, 0.25) is 0 Å². The first-order valence-corrected chi connectivity index (χ1v) is 7.75. The van der Waals surface area contributed by atoms with E-state index in [-0.39, 0.29) is 10.8 Å². The Labute approximate surface area is 133 Å². The molecule has 0 bridgehead atoms. The fraction of sp³-hybridized carbons (Fsp3) is 0.421. The van der Waals surface area contributed by atoms with Crippen molar-refractivity contribution in [1.82, 2.24) is 4.98 Å². The first-order valence-electron chi connectivity index (χ1n) is 7.37. The zero-order valence-corrected chi connectivity index (χ0v) is 14.5. The van der Waals surface area contributed by atoms with Gasteiger partial charge in [0.25, 0.3) is 0 Å². The summed E-state index contributed by atoms with van der Waals surface area (Å²) in [7, 11) is 0. The Morgan fingerprint density at radius 3 is 1.81 bits per heavy atom. The van der Waals surface area contributed by atoms with E-state index in [4.69, 9.17) is 16.6 Å². The molecule has 0 unspecified atom stereocenters. The largest absolute Gasteiger partial charge is 0.252 e. The van der Waals surface area contributed by atoms with Crippen LogP contribution in [0.15, 0.2) is 36.4 Å². The zero-order chi connectivity index (χ0) is 15.8. The number of benzene rings is 1. The summed E-state index contributed by atoms with van der Waals surface area (Å²) in [6.45, 7) is 13.2. The first kappa shape index (κ1) is 16.0. The molecule has 0 fully saturated rings. The number of aromatic nitrogens is 1. The van der Waals surface area contributed by atoms with Crippen LogP contribution >= 0.6 is 11.6 Å². The van der Waals surface area contributed by atoms with Crippen LogP contribution in [0.25, 0.3) is 11.3 Å². The third-order valence-electron chi connectivity index (χ3n) is 3.59. The van der Waals surface area contributed by atoms with Gasteiger partial charge in [0, 0.05) is 21.7 Å². The van der Waals surface area contributed by atoms with E-state index in [1.165, 1.54) is 5.56 Å². The van der Waals surface area contributed by atoms with Crippen molar-refractivity contribution in [2.75, 3.05) is 0 Å². The lowest BCUT2D eigenvalue weighted by atomic mass is 9.82. The van der Waals surface area contributed by atoms with Gasteiger partial charge in [-0.1, -0.05) is 71.3 Å². The summed E-state index contributed by atoms with van der Waals surface area (Å²) in [5.41, 5.74) is 4.65. The Bertz CT molecular complexity index is 628. The van der Waals surface area contributed by atoms with E-state index in [0.717, 1.165) is 22.0 Å². The molecule has 21 heavy (non-hydrogen) atoms. The van der Waals surface area contributed by atoms with Gasteiger partial charge in [-0.2, -0.15) is 0 Å². The van der Waals surface area contributed by atoms with E-state index in [2.05, 4.69) is 53.7 Å². The van der Waals surface area contributed by atoms with Gasteiger partial charge in [0.05, 0.1) is 5.69 Å². The van der Waals surface area contributed by atoms with E-state index in [1.54, 1.807) is 0 Å². The lowest BCUT2D eigenvalue weighted by Crippen LogP contribution is -2.18. The summed E-state index contributed by atoms with van der Waals surface area (Å²) in [5.74, 6) is 0. The molecule has 1 aromatic heterocycles. The second kappa shape index (κ2) is 5.46. The molecule has 0 saturated heterocycles. The van der Waals surface area contributed by atoms with Gasteiger partial charge < -0.3 is 0 Å². The number of rotatable bonds is 1. The topological polar surface area (TPSA) is 12.9 Å². The van der Waals surface area contributed by atoms with Gasteiger partial charge in [-0.3, -0.25) is 4.98 Å². The quantitative estimate of drug-likeness (QED) is 0.629. The Balaban J connectivity index is 2.67. The monoisotopic (exact) mass is 301 g/mol. The standard InChI is InChI=1S/C19H24ClN/c1-18(2,3)15-11-12-16(19(4,5)6)21-17(15)13-7-9-14(20)10-8-13/h7-12H,1-6H3. The summed E-state index contributed by atoms with van der Waals surface area (Å²) in [6.07, 6.45) is 0. The minimum Gasteiger partial charge on any atom is -0.252 e. The third-order valence-corrected chi connectivity index (χ3v) is 3.84. The summed E-state index contributed by atoms with van der Waals surface area (Å²) in [5, 5.41) is 0.753. The van der Waals surface area contributed by atoms with E-state index < -0.39 is 0 Å². The molecule has 2 aromatic rings. The highest BCUT2D eigenvalue weighted by Gasteiger charge is 2.23. The van der Waals surface area contributed by atoms with Crippen molar-refractivity contribution in [3.8, 4) is 11.3 Å². The molecule has 0 radical (unpaired) electrons. The fourth-order valence-corrected chi connectivity index (χ4v) is 2.44. The molecule has 0 spiro atoms. The third kappa shape index (κ3) is 3.65. The predicted molar refractivity (Wildman–Crippen MR) is 92.1 cm³/mol. The minimum absolute atomic E-state index is 0.0393. The molecule has 112 valence electrons. The van der Waals surface area contributed by atoms with Gasteiger partial charge in [-0.15, -0.1) is 0 Å². The van der Waals surface area contributed by atoms with E-state index in [0.29, 0.717) is 0 Å². The van der Waals surface area contributed by atoms with Gasteiger partial charge in [0.1, 0.15) is 0 Å². The maximum Gasteiger partial charge on any atom is 0.0742 e. The fourth-order valence-electron chi connectivity index (χ4n) is 2.31. The number of hydrogen-bond donors (Lipinski definition) is 0. The van der Waals surface area contributed by atoms with Crippen molar-refractivity contribution in [1.29, 1.82) is 0 Å². The number of pyridine rings is 1. The van der Waals surface area contributed by atoms with Gasteiger partial charge in [-0.25, -0.2) is 0 Å². The molecule has 0 amide bonds. The molecule has 0 aliphatic heterocycles. The summed E-state index contributed by atoms with van der Waals surface area (Å²) in [4.78, 5) is 4.97. The first-order chi connectivity index (χ1) is 9.59. The highest BCUT2D eigenvalue weighted by atomic mass is 35.5. The second-order valence-electron chi connectivity index (χ2n) is 7.60. The molecule has 1 nitrogen and oxygen atoms in total. The average Bonchev–Trinajstić information content (AvgIpc) is 2.37. The van der Waals surface area contributed by atoms with Crippen molar-refractivity contribution >= 4 is 11.6 Å². The highest BCUT2D eigenvalue weighted by molar-refractivity contribution is 6.30. The SMILES string of the molecule is CC(C)(C)c1ccc(C(C)(C)C)c(-c2ccc(Cl)cc2)n1. The average molecular weight is 302 g/mol. The molecule has 0 atom stereocenters. The zero-order valence-electron chi connectivity index (χ0n) is 13.8. The van der Waals surface area contributed by atoms with Crippen molar-refractivity contribution in [3.05, 3.63) is 52.7 Å². The maximum absolute atomic E-state index is 6.01. The molecule has 0 aliphatic carbocycles. The van der Waals surface area contributed by atoms with Crippen LogP contribution in [0.2, 0.25) is 5.02 Å². The lowest BCUT2D eigenvalue weighted by Gasteiger charge is -2.26. The van der Waals surface area contributed by atoms with Gasteiger partial charge >= 0.3 is 0 Å². The number of nitrogens with zero attached hydrogens (tertiary/aromatic N) is 1. The van der Waals surface area contributed by atoms with Crippen LogP contribution in [-0.2, 0) is 10.8 Å². The van der Waals surface area contributed by atoms with Crippen molar-refractivity contribution in [2.45, 2.75) is 52.4 Å². The van der Waals surface area contributed by atoms with Crippen molar-refractivity contribution in [3.63, 3.8) is 0 Å². The van der Waals surface area contributed by atoms with Gasteiger partial charge in [-0.05, 0) is 29.2 Å². The Hall–Kier alpha value is -1.34. The summed E-state index contributed by atoms with van der Waals surface area (Å²) in [6, 6.07) is 12.3. The van der Waals surface area contributed by atoms with Crippen LogP contribution in [0.4, 0.5) is 0 Å². The minimum atomic E-state index is 0.0393. The van der Waals surface area contributed by atoms with Crippen molar-refractivity contribution < 1.29 is 0 Å². The molecule has 1 heterocycles. The second-order valence-corrected chi connectivity index (χ2v) is 8.04. The van der Waals surface area contributed by atoms with Crippen LogP contribution in [-0.4, -0.2) is 4.98 Å². The molecule has 1 aromatic carbocycles. The van der Waals surface area contributed by atoms with Crippen LogP contribution < -0.4 is 0 Å². The Morgan fingerprint density at radius 2 is 1.33 bits per heavy atom. The normalized spacial score (nSPS) is 12.5. The summed E-state index contributed by atoms with van der Waals surface area (Å²) >= 11 is 6.01. The van der Waals surface area contributed by atoms with E-state index in [9.17, 15) is 0 Å². The molecule has 2 rings (SSSR count). The van der Waals surface area contributed by atoms with Crippen molar-refractivity contribution in [2.24, 2.45) is 0 Å². The molecular weight excluding hydrogens is 278 g/mol. The number of halogens is 1. The molecular formula is C19H24ClN. The lowest BCUT2D eigenvalue weighted by molar-refractivity contribution is 0.558. The number of hydrogen-bond acceptors (Lipinski definition) is 1. The van der Waals surface area contributed by atoms with Gasteiger partial charge in [0.15, 0.2) is 0 Å². The predicted octanol–water partition coefficient (Wildman–Crippen LogP) is 6.00. The molecule has 2 heteroatoms. The van der Waals surface area contributed by atoms with Crippen LogP contribution in [0.5, 0.6) is 0 Å². The van der Waals surface area contributed by atoms with E-state index in [1.807, 2.05) is 24.3 Å².